The molecule has 1 aromatic heterocycles. The first-order valence-corrected chi connectivity index (χ1v) is 10.2. The molecule has 0 unspecified atom stereocenters. The van der Waals surface area contributed by atoms with Gasteiger partial charge in [-0.2, -0.15) is 5.26 Å². The van der Waals surface area contributed by atoms with Crippen molar-refractivity contribution in [3.05, 3.63) is 70.0 Å². The number of ether oxygens (including phenoxy) is 2. The lowest BCUT2D eigenvalue weighted by Gasteiger charge is -2.10. The maximum atomic E-state index is 12.3. The first-order valence-electron chi connectivity index (χ1n) is 9.26. The van der Waals surface area contributed by atoms with E-state index in [9.17, 15) is 14.9 Å². The fraction of sp³-hybridized carbons (Fsp3) is 0.182. The lowest BCUT2D eigenvalue weighted by atomic mass is 10.1. The summed E-state index contributed by atoms with van der Waals surface area (Å²) in [4.78, 5) is 31.6. The predicted molar refractivity (Wildman–Crippen MR) is 117 cm³/mol. The Bertz CT molecular complexity index is 1170. The second kappa shape index (κ2) is 10.3. The fourth-order valence-corrected chi connectivity index (χ4v) is 3.50. The number of para-hydroxylation sites is 1. The van der Waals surface area contributed by atoms with E-state index in [1.165, 1.54) is 0 Å². The number of hydrogen-bond acceptors (Lipinski definition) is 7. The second-order valence-corrected chi connectivity index (χ2v) is 7.28. The highest BCUT2D eigenvalue weighted by atomic mass is 32.2. The Morgan fingerprint density at radius 3 is 2.58 bits per heavy atom. The smallest absolute Gasteiger partial charge is 0.270 e. The molecule has 0 aliphatic carbocycles. The van der Waals surface area contributed by atoms with Crippen LogP contribution in [0.3, 0.4) is 0 Å². The number of aromatic nitrogens is 2. The summed E-state index contributed by atoms with van der Waals surface area (Å²) in [7, 11) is 3.12. The number of rotatable bonds is 8. The van der Waals surface area contributed by atoms with Gasteiger partial charge in [0.25, 0.3) is 5.56 Å². The highest BCUT2D eigenvalue weighted by Gasteiger charge is 2.15. The van der Waals surface area contributed by atoms with Crippen LogP contribution < -0.4 is 20.3 Å². The molecule has 0 atom stereocenters. The number of methoxy groups -OCH3 is 2. The van der Waals surface area contributed by atoms with E-state index >= 15 is 0 Å². The Hall–Kier alpha value is -3.77. The highest BCUT2D eigenvalue weighted by molar-refractivity contribution is 7.99. The quantitative estimate of drug-likeness (QED) is 0.412. The molecule has 3 rings (SSSR count). The Morgan fingerprint density at radius 1 is 1.16 bits per heavy atom. The minimum absolute atomic E-state index is 0.0477. The third kappa shape index (κ3) is 5.43. The number of nitrogens with one attached hydrogen (secondary N) is 2. The van der Waals surface area contributed by atoms with Crippen LogP contribution >= 0.6 is 11.8 Å². The van der Waals surface area contributed by atoms with Crippen molar-refractivity contribution in [1.82, 2.24) is 15.3 Å². The van der Waals surface area contributed by atoms with Crippen LogP contribution in [-0.2, 0) is 11.3 Å². The highest BCUT2D eigenvalue weighted by Crippen LogP contribution is 2.24. The van der Waals surface area contributed by atoms with Gasteiger partial charge in [0.1, 0.15) is 23.1 Å². The third-order valence-electron chi connectivity index (χ3n) is 4.38. The molecule has 1 heterocycles. The van der Waals surface area contributed by atoms with Crippen molar-refractivity contribution in [3.8, 4) is 28.8 Å². The van der Waals surface area contributed by atoms with E-state index in [1.54, 1.807) is 38.5 Å². The van der Waals surface area contributed by atoms with Gasteiger partial charge in [0.05, 0.1) is 25.7 Å². The van der Waals surface area contributed by atoms with Gasteiger partial charge in [0.2, 0.25) is 5.91 Å². The molecule has 0 saturated carbocycles. The summed E-state index contributed by atoms with van der Waals surface area (Å²) in [5, 5.41) is 12.4. The fourth-order valence-electron chi connectivity index (χ4n) is 2.81. The molecule has 158 valence electrons. The average Bonchev–Trinajstić information content (AvgIpc) is 2.81. The molecule has 8 nitrogen and oxygen atoms in total. The maximum absolute atomic E-state index is 12.3. The van der Waals surface area contributed by atoms with Gasteiger partial charge in [-0.3, -0.25) is 9.59 Å². The minimum atomic E-state index is -0.555. The number of carbonyl (C=O) groups excluding carboxylic acids is 1. The lowest BCUT2D eigenvalue weighted by Crippen LogP contribution is -2.25. The van der Waals surface area contributed by atoms with E-state index in [4.69, 9.17) is 9.47 Å². The van der Waals surface area contributed by atoms with Crippen LogP contribution in [0.4, 0.5) is 0 Å². The molecule has 3 aromatic rings. The third-order valence-corrected chi connectivity index (χ3v) is 5.25. The summed E-state index contributed by atoms with van der Waals surface area (Å²) in [5.74, 6) is 1.16. The van der Waals surface area contributed by atoms with Crippen molar-refractivity contribution in [3.63, 3.8) is 0 Å². The summed E-state index contributed by atoms with van der Waals surface area (Å²) in [6.07, 6.45) is 0. The Kier molecular flexibility index (Phi) is 7.30. The molecule has 0 aliphatic heterocycles. The largest absolute Gasteiger partial charge is 0.497 e. The van der Waals surface area contributed by atoms with Crippen LogP contribution in [0, 0.1) is 11.3 Å². The molecule has 2 aromatic carbocycles. The molecule has 0 spiro atoms. The zero-order chi connectivity index (χ0) is 22.2. The topological polar surface area (TPSA) is 117 Å². The summed E-state index contributed by atoms with van der Waals surface area (Å²) in [6, 6.07) is 16.2. The van der Waals surface area contributed by atoms with Crippen molar-refractivity contribution in [2.75, 3.05) is 20.0 Å². The van der Waals surface area contributed by atoms with Crippen molar-refractivity contribution < 1.29 is 14.3 Å². The minimum Gasteiger partial charge on any atom is -0.497 e. The van der Waals surface area contributed by atoms with Crippen molar-refractivity contribution in [1.29, 1.82) is 5.26 Å². The van der Waals surface area contributed by atoms with Crippen LogP contribution in [0.1, 0.15) is 11.1 Å². The molecule has 0 radical (unpaired) electrons. The normalized spacial score (nSPS) is 10.2. The van der Waals surface area contributed by atoms with Gasteiger partial charge < -0.3 is 19.8 Å². The summed E-state index contributed by atoms with van der Waals surface area (Å²) in [6.45, 7) is 0.317. The molecular formula is C22H20N4O4S. The van der Waals surface area contributed by atoms with Crippen LogP contribution in [0.5, 0.6) is 11.5 Å². The molecule has 0 aliphatic rings. The molecule has 0 saturated heterocycles. The summed E-state index contributed by atoms with van der Waals surface area (Å²) < 4.78 is 10.4. The second-order valence-electron chi connectivity index (χ2n) is 6.31. The summed E-state index contributed by atoms with van der Waals surface area (Å²) >= 11 is 1.08. The molecular weight excluding hydrogens is 416 g/mol. The van der Waals surface area contributed by atoms with E-state index in [2.05, 4.69) is 15.3 Å². The molecule has 31 heavy (non-hydrogen) atoms. The van der Waals surface area contributed by atoms with E-state index in [0.29, 0.717) is 23.6 Å². The van der Waals surface area contributed by atoms with Gasteiger partial charge in [0, 0.05) is 17.7 Å². The van der Waals surface area contributed by atoms with Gasteiger partial charge >= 0.3 is 0 Å². The number of amides is 1. The summed E-state index contributed by atoms with van der Waals surface area (Å²) in [5.41, 5.74) is 1.07. The van der Waals surface area contributed by atoms with E-state index < -0.39 is 5.56 Å². The van der Waals surface area contributed by atoms with E-state index in [1.807, 2.05) is 30.3 Å². The van der Waals surface area contributed by atoms with Crippen molar-refractivity contribution in [2.24, 2.45) is 0 Å². The van der Waals surface area contributed by atoms with Crippen LogP contribution in [0.15, 0.2) is 58.5 Å². The Balaban J connectivity index is 1.71. The van der Waals surface area contributed by atoms with Gasteiger partial charge in [0.15, 0.2) is 5.16 Å². The lowest BCUT2D eigenvalue weighted by molar-refractivity contribution is -0.118. The molecule has 0 fully saturated rings. The Labute approximate surface area is 183 Å². The number of nitriles is 1. The van der Waals surface area contributed by atoms with E-state index in [0.717, 1.165) is 17.3 Å². The molecule has 9 heteroatoms. The number of aromatic amines is 1. The van der Waals surface area contributed by atoms with E-state index in [-0.39, 0.29) is 28.1 Å². The first kappa shape index (κ1) is 21.9. The number of benzene rings is 2. The van der Waals surface area contributed by atoms with Gasteiger partial charge in [-0.05, 0) is 30.3 Å². The Morgan fingerprint density at radius 2 is 1.90 bits per heavy atom. The molecule has 0 bridgehead atoms. The van der Waals surface area contributed by atoms with Crippen LogP contribution in [-0.4, -0.2) is 35.8 Å². The van der Waals surface area contributed by atoms with Crippen LogP contribution in [0.2, 0.25) is 0 Å². The number of nitrogens with zero attached hydrogens (tertiary/aromatic N) is 2. The monoisotopic (exact) mass is 436 g/mol. The number of hydrogen-bond donors (Lipinski definition) is 2. The first-order chi connectivity index (χ1) is 15.0. The standard InChI is InChI=1S/C22H20N4O4S/c1-29-16-9-7-14(8-10-16)20-17(11-23)21(28)26-22(25-20)31-13-19(27)24-12-15-5-3-4-6-18(15)30-2/h3-10H,12-13H2,1-2H3,(H,24,27)(H,25,26,28). The number of carbonyl (C=O) groups is 1. The van der Waals surface area contributed by atoms with Gasteiger partial charge in [-0.25, -0.2) is 4.98 Å². The van der Waals surface area contributed by atoms with Gasteiger partial charge in [-0.15, -0.1) is 0 Å². The van der Waals surface area contributed by atoms with Crippen molar-refractivity contribution >= 4 is 17.7 Å². The SMILES string of the molecule is COc1ccc(-c2nc(SCC(=O)NCc3ccccc3OC)[nH]c(=O)c2C#N)cc1. The zero-order valence-electron chi connectivity index (χ0n) is 17.0. The maximum Gasteiger partial charge on any atom is 0.270 e. The average molecular weight is 436 g/mol. The number of H-pyrrole nitrogens is 1. The molecule has 1 amide bonds. The number of thioether (sulfide) groups is 1. The molecule has 2 N–H and O–H groups in total. The van der Waals surface area contributed by atoms with Crippen molar-refractivity contribution in [2.45, 2.75) is 11.7 Å². The van der Waals surface area contributed by atoms with Crippen LogP contribution in [0.25, 0.3) is 11.3 Å². The van der Waals surface area contributed by atoms with Gasteiger partial charge in [-0.1, -0.05) is 30.0 Å². The zero-order valence-corrected chi connectivity index (χ0v) is 17.8. The predicted octanol–water partition coefficient (Wildman–Crippen LogP) is 2.73.